The van der Waals surface area contributed by atoms with E-state index in [1.807, 2.05) is 26.8 Å². The van der Waals surface area contributed by atoms with Crippen LogP contribution in [0.1, 0.15) is 42.5 Å². The molecule has 5 heteroatoms. The fraction of sp³-hybridized carbons (Fsp3) is 0.357. The van der Waals surface area contributed by atoms with Crippen molar-refractivity contribution >= 4 is 5.78 Å². The number of nitrogens with zero attached hydrogens (tertiary/aromatic N) is 2. The van der Waals surface area contributed by atoms with Crippen molar-refractivity contribution in [1.82, 2.24) is 15.4 Å². The zero-order chi connectivity index (χ0) is 14.0. The summed E-state index contributed by atoms with van der Waals surface area (Å²) in [6.45, 7) is 5.97. The van der Waals surface area contributed by atoms with Crippen LogP contribution in [0, 0.1) is 0 Å². The number of ether oxygens (including phenoxy) is 1. The van der Waals surface area contributed by atoms with Gasteiger partial charge in [0.25, 0.3) is 0 Å². The van der Waals surface area contributed by atoms with E-state index in [-0.39, 0.29) is 11.2 Å². The maximum atomic E-state index is 12.6. The summed E-state index contributed by atoms with van der Waals surface area (Å²) < 4.78 is 5.21. The third kappa shape index (κ3) is 2.50. The van der Waals surface area contributed by atoms with E-state index in [1.54, 1.807) is 25.3 Å². The molecule has 1 aromatic heterocycles. The molecule has 0 amide bonds. The van der Waals surface area contributed by atoms with E-state index in [0.717, 1.165) is 0 Å². The number of carbonyl (C=O) groups is 1. The summed E-state index contributed by atoms with van der Waals surface area (Å²) in [7, 11) is 1.54. The van der Waals surface area contributed by atoms with Crippen molar-refractivity contribution in [3.05, 3.63) is 41.2 Å². The Morgan fingerprint density at radius 2 is 1.89 bits per heavy atom. The lowest BCUT2D eigenvalue weighted by atomic mass is 9.89. The summed E-state index contributed by atoms with van der Waals surface area (Å²) in [5, 5.41) is 10.6. The van der Waals surface area contributed by atoms with E-state index in [4.69, 9.17) is 4.74 Å². The Balaban J connectivity index is 2.49. The van der Waals surface area contributed by atoms with Gasteiger partial charge < -0.3 is 4.74 Å². The highest BCUT2D eigenvalue weighted by atomic mass is 16.5. The third-order valence-corrected chi connectivity index (χ3v) is 2.82. The second-order valence-electron chi connectivity index (χ2n) is 5.30. The van der Waals surface area contributed by atoms with Crippen molar-refractivity contribution in [3.63, 3.8) is 0 Å². The molecule has 1 aromatic carbocycles. The summed E-state index contributed by atoms with van der Waals surface area (Å²) in [6.07, 6.45) is 0. The van der Waals surface area contributed by atoms with Crippen LogP contribution in [0.2, 0.25) is 0 Å². The highest BCUT2D eigenvalue weighted by Gasteiger charge is 2.28. The molecule has 2 aromatic rings. The van der Waals surface area contributed by atoms with Crippen LogP contribution in [-0.2, 0) is 5.41 Å². The van der Waals surface area contributed by atoms with E-state index in [2.05, 4.69) is 15.4 Å². The van der Waals surface area contributed by atoms with E-state index in [0.29, 0.717) is 22.7 Å². The van der Waals surface area contributed by atoms with Gasteiger partial charge in [0, 0.05) is 5.41 Å². The Morgan fingerprint density at radius 3 is 2.53 bits per heavy atom. The normalized spacial score (nSPS) is 11.4. The molecule has 0 bridgehead atoms. The number of hydrogen-bond acceptors (Lipinski definition) is 4. The van der Waals surface area contributed by atoms with Crippen LogP contribution in [0.25, 0.3) is 0 Å². The van der Waals surface area contributed by atoms with Gasteiger partial charge in [0.05, 0.1) is 18.4 Å². The van der Waals surface area contributed by atoms with Gasteiger partial charge in [-0.2, -0.15) is 15.4 Å². The molecule has 0 fully saturated rings. The number of aromatic nitrogens is 3. The molecule has 1 heterocycles. The second-order valence-corrected chi connectivity index (χ2v) is 5.30. The molecule has 2 rings (SSSR count). The molecule has 1 N–H and O–H groups in total. The van der Waals surface area contributed by atoms with Crippen molar-refractivity contribution in [1.29, 1.82) is 0 Å². The quantitative estimate of drug-likeness (QED) is 0.859. The highest BCUT2D eigenvalue weighted by molar-refractivity contribution is 6.10. The molecule has 0 aliphatic carbocycles. The molecule has 0 atom stereocenters. The minimum Gasteiger partial charge on any atom is -0.496 e. The van der Waals surface area contributed by atoms with Gasteiger partial charge in [-0.1, -0.05) is 32.9 Å². The standard InChI is InChI=1S/C14H17N3O2/c1-14(2,3)13-11(15-17-16-13)12(18)9-7-5-6-8-10(9)19-4/h5-8H,1-4H3,(H,15,16,17). The highest BCUT2D eigenvalue weighted by Crippen LogP contribution is 2.26. The van der Waals surface area contributed by atoms with Crippen molar-refractivity contribution in [3.8, 4) is 5.75 Å². The molecule has 19 heavy (non-hydrogen) atoms. The molecule has 0 saturated heterocycles. The minimum absolute atomic E-state index is 0.184. The van der Waals surface area contributed by atoms with Crippen LogP contribution in [0.4, 0.5) is 0 Å². The van der Waals surface area contributed by atoms with Crippen LogP contribution >= 0.6 is 0 Å². The van der Waals surface area contributed by atoms with Gasteiger partial charge in [-0.05, 0) is 12.1 Å². The van der Waals surface area contributed by atoms with Crippen molar-refractivity contribution < 1.29 is 9.53 Å². The summed E-state index contributed by atoms with van der Waals surface area (Å²) in [6, 6.07) is 7.10. The predicted octanol–water partition coefficient (Wildman–Crippen LogP) is 2.34. The van der Waals surface area contributed by atoms with Crippen LogP contribution in [0.15, 0.2) is 24.3 Å². The first kappa shape index (κ1) is 13.3. The number of methoxy groups -OCH3 is 1. The molecule has 0 aliphatic rings. The van der Waals surface area contributed by atoms with Crippen molar-refractivity contribution in [2.45, 2.75) is 26.2 Å². The van der Waals surface area contributed by atoms with Gasteiger partial charge >= 0.3 is 0 Å². The molecule has 0 aliphatic heterocycles. The SMILES string of the molecule is COc1ccccc1C(=O)c1n[nH]nc1C(C)(C)C. The van der Waals surface area contributed by atoms with Gasteiger partial charge in [0.2, 0.25) is 5.78 Å². The molecular formula is C14H17N3O2. The number of rotatable bonds is 3. The summed E-state index contributed by atoms with van der Waals surface area (Å²) >= 11 is 0. The summed E-state index contributed by atoms with van der Waals surface area (Å²) in [5.74, 6) is 0.353. The number of benzene rings is 1. The van der Waals surface area contributed by atoms with Gasteiger partial charge in [-0.3, -0.25) is 4.79 Å². The largest absolute Gasteiger partial charge is 0.496 e. The number of aromatic amines is 1. The Labute approximate surface area is 112 Å². The van der Waals surface area contributed by atoms with Crippen LogP contribution in [0.5, 0.6) is 5.75 Å². The van der Waals surface area contributed by atoms with Gasteiger partial charge in [-0.15, -0.1) is 0 Å². The van der Waals surface area contributed by atoms with Gasteiger partial charge in [0.1, 0.15) is 5.75 Å². The minimum atomic E-state index is -0.250. The van der Waals surface area contributed by atoms with Gasteiger partial charge in [0.15, 0.2) is 5.69 Å². The molecule has 100 valence electrons. The molecular weight excluding hydrogens is 242 g/mol. The first-order chi connectivity index (χ1) is 8.95. The van der Waals surface area contributed by atoms with Crippen molar-refractivity contribution in [2.24, 2.45) is 0 Å². The van der Waals surface area contributed by atoms with Crippen LogP contribution < -0.4 is 4.74 Å². The van der Waals surface area contributed by atoms with E-state index < -0.39 is 0 Å². The Bertz CT molecular complexity index is 597. The second kappa shape index (κ2) is 4.84. The fourth-order valence-corrected chi connectivity index (χ4v) is 1.87. The number of carbonyl (C=O) groups excluding carboxylic acids is 1. The average Bonchev–Trinajstić information content (AvgIpc) is 2.87. The summed E-state index contributed by atoms with van der Waals surface area (Å²) in [5.41, 5.74) is 1.24. The van der Waals surface area contributed by atoms with Crippen LogP contribution in [-0.4, -0.2) is 28.3 Å². The molecule has 0 radical (unpaired) electrons. The predicted molar refractivity (Wildman–Crippen MR) is 71.5 cm³/mol. The maximum Gasteiger partial charge on any atom is 0.218 e. The lowest BCUT2D eigenvalue weighted by molar-refractivity contribution is 0.102. The number of nitrogens with one attached hydrogen (secondary N) is 1. The fourth-order valence-electron chi connectivity index (χ4n) is 1.87. The monoisotopic (exact) mass is 259 g/mol. The summed E-state index contributed by atoms with van der Waals surface area (Å²) in [4.78, 5) is 12.6. The van der Waals surface area contributed by atoms with E-state index >= 15 is 0 Å². The van der Waals surface area contributed by atoms with E-state index in [9.17, 15) is 4.79 Å². The van der Waals surface area contributed by atoms with Gasteiger partial charge in [-0.25, -0.2) is 0 Å². The number of ketones is 1. The maximum absolute atomic E-state index is 12.6. The molecule has 0 unspecified atom stereocenters. The molecule has 0 spiro atoms. The zero-order valence-electron chi connectivity index (χ0n) is 11.5. The first-order valence-electron chi connectivity index (χ1n) is 6.04. The Morgan fingerprint density at radius 1 is 1.21 bits per heavy atom. The number of hydrogen-bond donors (Lipinski definition) is 1. The van der Waals surface area contributed by atoms with Crippen LogP contribution in [0.3, 0.4) is 0 Å². The van der Waals surface area contributed by atoms with E-state index in [1.165, 1.54) is 0 Å². The Kier molecular flexibility index (Phi) is 3.38. The third-order valence-electron chi connectivity index (χ3n) is 2.82. The lowest BCUT2D eigenvalue weighted by Crippen LogP contribution is -2.18. The Hall–Kier alpha value is -2.17. The molecule has 5 nitrogen and oxygen atoms in total. The average molecular weight is 259 g/mol. The zero-order valence-corrected chi connectivity index (χ0v) is 11.5. The number of para-hydroxylation sites is 1. The van der Waals surface area contributed by atoms with Crippen molar-refractivity contribution in [2.75, 3.05) is 7.11 Å². The smallest absolute Gasteiger partial charge is 0.218 e. The number of H-pyrrole nitrogens is 1. The molecule has 0 saturated carbocycles. The lowest BCUT2D eigenvalue weighted by Gasteiger charge is -2.16. The first-order valence-corrected chi connectivity index (χ1v) is 6.04. The topological polar surface area (TPSA) is 67.9 Å².